The predicted molar refractivity (Wildman–Crippen MR) is 70.1 cm³/mol. The van der Waals surface area contributed by atoms with E-state index in [9.17, 15) is 0 Å². The van der Waals surface area contributed by atoms with Gasteiger partial charge in [0.2, 0.25) is 5.88 Å². The van der Waals surface area contributed by atoms with Crippen molar-refractivity contribution in [2.24, 2.45) is 7.05 Å². The molecule has 6 nitrogen and oxygen atoms in total. The van der Waals surface area contributed by atoms with Crippen LogP contribution in [0, 0.1) is 18.3 Å². The summed E-state index contributed by atoms with van der Waals surface area (Å²) in [5.74, 6) is 1.36. The number of anilines is 1. The molecule has 0 bridgehead atoms. The fourth-order valence-corrected chi connectivity index (χ4v) is 1.76. The molecule has 98 valence electrons. The standard InChI is InChI=1S/C13H14N4O2/c1-8-10(7-14)13(17(2)16-8)19-11-5-4-9(15)6-12(11)18-3/h4-6H,15H2,1-3H3. The molecule has 0 aliphatic heterocycles. The van der Waals surface area contributed by atoms with Crippen LogP contribution in [0.25, 0.3) is 0 Å². The first-order chi connectivity index (χ1) is 9.06. The molecule has 0 atom stereocenters. The molecule has 1 aromatic carbocycles. The molecule has 19 heavy (non-hydrogen) atoms. The first-order valence-electron chi connectivity index (χ1n) is 5.62. The monoisotopic (exact) mass is 258 g/mol. The van der Waals surface area contributed by atoms with Crippen molar-refractivity contribution < 1.29 is 9.47 Å². The summed E-state index contributed by atoms with van der Waals surface area (Å²) in [6.07, 6.45) is 0. The normalized spacial score (nSPS) is 10.0. The van der Waals surface area contributed by atoms with Crippen LogP contribution in [0.2, 0.25) is 0 Å². The maximum absolute atomic E-state index is 9.13. The molecule has 0 spiro atoms. The van der Waals surface area contributed by atoms with Crippen molar-refractivity contribution in [2.45, 2.75) is 6.92 Å². The highest BCUT2D eigenvalue weighted by Gasteiger charge is 2.17. The van der Waals surface area contributed by atoms with Gasteiger partial charge in [0.1, 0.15) is 11.6 Å². The summed E-state index contributed by atoms with van der Waals surface area (Å²) in [4.78, 5) is 0. The fourth-order valence-electron chi connectivity index (χ4n) is 1.76. The van der Waals surface area contributed by atoms with Gasteiger partial charge in [-0.2, -0.15) is 10.4 Å². The Kier molecular flexibility index (Phi) is 3.29. The number of nitrogens with zero attached hydrogens (tertiary/aromatic N) is 3. The molecule has 2 N–H and O–H groups in total. The van der Waals surface area contributed by atoms with Crippen LogP contribution in [0.1, 0.15) is 11.3 Å². The molecule has 0 saturated heterocycles. The molecule has 0 fully saturated rings. The molecule has 2 rings (SSSR count). The lowest BCUT2D eigenvalue weighted by Gasteiger charge is -2.11. The van der Waals surface area contributed by atoms with Crippen molar-refractivity contribution in [3.05, 3.63) is 29.5 Å². The number of ether oxygens (including phenoxy) is 2. The van der Waals surface area contributed by atoms with Crippen LogP contribution >= 0.6 is 0 Å². The topological polar surface area (TPSA) is 86.1 Å². The van der Waals surface area contributed by atoms with Crippen LogP contribution in [0.5, 0.6) is 17.4 Å². The predicted octanol–water partition coefficient (Wildman–Crippen LogP) is 1.98. The maximum Gasteiger partial charge on any atom is 0.236 e. The van der Waals surface area contributed by atoms with Crippen LogP contribution in [-0.2, 0) is 7.05 Å². The number of nitriles is 1. The Morgan fingerprint density at radius 1 is 1.37 bits per heavy atom. The molecule has 0 saturated carbocycles. The smallest absolute Gasteiger partial charge is 0.236 e. The van der Waals surface area contributed by atoms with Gasteiger partial charge in [-0.05, 0) is 19.1 Å². The molecule has 0 aliphatic carbocycles. The summed E-state index contributed by atoms with van der Waals surface area (Å²) in [6, 6.07) is 7.13. The van der Waals surface area contributed by atoms with E-state index in [1.165, 1.54) is 11.8 Å². The molecule has 0 amide bonds. The van der Waals surface area contributed by atoms with E-state index in [-0.39, 0.29) is 0 Å². The number of methoxy groups -OCH3 is 1. The number of aromatic nitrogens is 2. The average molecular weight is 258 g/mol. The third-order valence-electron chi connectivity index (χ3n) is 2.68. The first-order valence-corrected chi connectivity index (χ1v) is 5.62. The Balaban J connectivity index is 2.45. The number of nitrogen functional groups attached to an aromatic ring is 1. The summed E-state index contributed by atoms with van der Waals surface area (Å²) in [6.45, 7) is 1.76. The summed E-state index contributed by atoms with van der Waals surface area (Å²) in [7, 11) is 3.24. The van der Waals surface area contributed by atoms with E-state index in [0.29, 0.717) is 34.3 Å². The number of hydrogen-bond donors (Lipinski definition) is 1. The van der Waals surface area contributed by atoms with E-state index in [1.54, 1.807) is 32.2 Å². The molecular formula is C13H14N4O2. The van der Waals surface area contributed by atoms with Crippen molar-refractivity contribution in [3.63, 3.8) is 0 Å². The van der Waals surface area contributed by atoms with E-state index < -0.39 is 0 Å². The van der Waals surface area contributed by atoms with Gasteiger partial charge in [-0.1, -0.05) is 0 Å². The summed E-state index contributed by atoms with van der Waals surface area (Å²) in [5, 5.41) is 13.3. The lowest BCUT2D eigenvalue weighted by molar-refractivity contribution is 0.365. The Labute approximate surface area is 111 Å². The zero-order valence-corrected chi connectivity index (χ0v) is 11.0. The minimum Gasteiger partial charge on any atom is -0.493 e. The molecule has 1 aromatic heterocycles. The fraction of sp³-hybridized carbons (Fsp3) is 0.231. The zero-order valence-electron chi connectivity index (χ0n) is 11.0. The van der Waals surface area contributed by atoms with E-state index in [2.05, 4.69) is 11.2 Å². The molecule has 2 aromatic rings. The van der Waals surface area contributed by atoms with Gasteiger partial charge in [0.05, 0.1) is 12.8 Å². The first kappa shape index (κ1) is 12.8. The molecule has 6 heteroatoms. The Bertz CT molecular complexity index is 655. The van der Waals surface area contributed by atoms with Crippen LogP contribution in [0.4, 0.5) is 5.69 Å². The molecule has 0 aliphatic rings. The highest BCUT2D eigenvalue weighted by Crippen LogP contribution is 2.34. The summed E-state index contributed by atoms with van der Waals surface area (Å²) >= 11 is 0. The summed E-state index contributed by atoms with van der Waals surface area (Å²) in [5.41, 5.74) is 7.28. The lowest BCUT2D eigenvalue weighted by Crippen LogP contribution is -1.98. The zero-order chi connectivity index (χ0) is 14.0. The van der Waals surface area contributed by atoms with Gasteiger partial charge < -0.3 is 15.2 Å². The van der Waals surface area contributed by atoms with Gasteiger partial charge in [0.15, 0.2) is 11.5 Å². The number of nitrogens with two attached hydrogens (primary N) is 1. The number of aryl methyl sites for hydroxylation is 2. The van der Waals surface area contributed by atoms with Gasteiger partial charge in [0, 0.05) is 18.8 Å². The minimum atomic E-state index is 0.378. The number of hydrogen-bond acceptors (Lipinski definition) is 5. The Morgan fingerprint density at radius 2 is 2.11 bits per heavy atom. The van der Waals surface area contributed by atoms with E-state index in [0.717, 1.165) is 0 Å². The third kappa shape index (κ3) is 2.31. The molecule has 1 heterocycles. The van der Waals surface area contributed by atoms with E-state index >= 15 is 0 Å². The second-order valence-electron chi connectivity index (χ2n) is 4.01. The minimum absolute atomic E-state index is 0.378. The van der Waals surface area contributed by atoms with Crippen LogP contribution in [0.15, 0.2) is 18.2 Å². The SMILES string of the molecule is COc1cc(N)ccc1Oc1c(C#N)c(C)nn1C. The molecule has 0 unspecified atom stereocenters. The van der Waals surface area contributed by atoms with Crippen molar-refractivity contribution in [2.75, 3.05) is 12.8 Å². The van der Waals surface area contributed by atoms with Crippen molar-refractivity contribution in [3.8, 4) is 23.4 Å². The van der Waals surface area contributed by atoms with Gasteiger partial charge in [-0.15, -0.1) is 0 Å². The second-order valence-corrected chi connectivity index (χ2v) is 4.01. The molecule has 0 radical (unpaired) electrons. The largest absolute Gasteiger partial charge is 0.493 e. The number of rotatable bonds is 3. The van der Waals surface area contributed by atoms with E-state index in [1.807, 2.05) is 0 Å². The average Bonchev–Trinajstić information content (AvgIpc) is 2.65. The van der Waals surface area contributed by atoms with Crippen molar-refractivity contribution in [1.82, 2.24) is 9.78 Å². The third-order valence-corrected chi connectivity index (χ3v) is 2.68. The highest BCUT2D eigenvalue weighted by atomic mass is 16.5. The maximum atomic E-state index is 9.13. The molecular weight excluding hydrogens is 244 g/mol. The number of benzene rings is 1. The highest BCUT2D eigenvalue weighted by molar-refractivity contribution is 5.54. The summed E-state index contributed by atoms with van der Waals surface area (Å²) < 4.78 is 12.4. The van der Waals surface area contributed by atoms with Crippen molar-refractivity contribution in [1.29, 1.82) is 5.26 Å². The van der Waals surface area contributed by atoms with Gasteiger partial charge in [-0.25, -0.2) is 4.68 Å². The van der Waals surface area contributed by atoms with Crippen LogP contribution < -0.4 is 15.2 Å². The van der Waals surface area contributed by atoms with Gasteiger partial charge in [0.25, 0.3) is 0 Å². The van der Waals surface area contributed by atoms with Crippen LogP contribution in [-0.4, -0.2) is 16.9 Å². The quantitative estimate of drug-likeness (QED) is 0.851. The van der Waals surface area contributed by atoms with Gasteiger partial charge >= 0.3 is 0 Å². The Morgan fingerprint density at radius 3 is 2.74 bits per heavy atom. The van der Waals surface area contributed by atoms with Gasteiger partial charge in [-0.3, -0.25) is 0 Å². The second kappa shape index (κ2) is 4.90. The van der Waals surface area contributed by atoms with E-state index in [4.69, 9.17) is 20.5 Å². The Hall–Kier alpha value is -2.68. The lowest BCUT2D eigenvalue weighted by atomic mass is 10.2. The van der Waals surface area contributed by atoms with Crippen molar-refractivity contribution >= 4 is 5.69 Å². The van der Waals surface area contributed by atoms with Crippen LogP contribution in [0.3, 0.4) is 0 Å².